The summed E-state index contributed by atoms with van der Waals surface area (Å²) >= 11 is 0. The number of likely N-dealkylation sites (N-methyl/N-ethyl adjacent to an activating group) is 1. The van der Waals surface area contributed by atoms with E-state index in [2.05, 4.69) is 67.3 Å². The summed E-state index contributed by atoms with van der Waals surface area (Å²) in [6.07, 6.45) is 1.33. The second kappa shape index (κ2) is 11.0. The van der Waals surface area contributed by atoms with Crippen LogP contribution >= 0.6 is 0 Å². The van der Waals surface area contributed by atoms with E-state index in [9.17, 15) is 5.11 Å². The Kier molecular flexibility index (Phi) is 8.67. The van der Waals surface area contributed by atoms with E-state index in [4.69, 9.17) is 4.74 Å². The number of ether oxygens (including phenoxy) is 1. The summed E-state index contributed by atoms with van der Waals surface area (Å²) in [4.78, 5) is 2.22. The maximum Gasteiger partial charge on any atom is 0.0900 e. The maximum atomic E-state index is 10.3. The van der Waals surface area contributed by atoms with Crippen molar-refractivity contribution in [3.63, 3.8) is 0 Å². The zero-order valence-electron chi connectivity index (χ0n) is 15.5. The van der Waals surface area contributed by atoms with E-state index in [0.29, 0.717) is 13.2 Å². The summed E-state index contributed by atoms with van der Waals surface area (Å²) in [6.45, 7) is 7.17. The first-order valence-corrected chi connectivity index (χ1v) is 9.31. The molecule has 1 unspecified atom stereocenters. The first kappa shape index (κ1) is 19.6. The molecular weight excluding hydrogens is 310 g/mol. The zero-order chi connectivity index (χ0) is 17.9. The van der Waals surface area contributed by atoms with Crippen molar-refractivity contribution in [3.8, 4) is 0 Å². The molecule has 0 radical (unpaired) electrons. The number of benzene rings is 2. The zero-order valence-corrected chi connectivity index (χ0v) is 15.5. The average Bonchev–Trinajstić information content (AvgIpc) is 2.66. The predicted molar refractivity (Wildman–Crippen MR) is 104 cm³/mol. The number of hydrogen-bond donors (Lipinski definition) is 1. The lowest BCUT2D eigenvalue weighted by Crippen LogP contribution is -2.36. The van der Waals surface area contributed by atoms with Crippen LogP contribution in [0.15, 0.2) is 60.7 Å². The third kappa shape index (κ3) is 7.39. The lowest BCUT2D eigenvalue weighted by molar-refractivity contribution is -0.0197. The van der Waals surface area contributed by atoms with Gasteiger partial charge in [0.2, 0.25) is 0 Å². The third-order valence-corrected chi connectivity index (χ3v) is 4.50. The Balaban J connectivity index is 1.94. The number of nitrogens with zero attached hydrogens (tertiary/aromatic N) is 1. The molecule has 0 aromatic heterocycles. The van der Waals surface area contributed by atoms with Gasteiger partial charge in [0.05, 0.1) is 18.8 Å². The molecule has 0 aliphatic heterocycles. The van der Waals surface area contributed by atoms with Crippen LogP contribution in [-0.2, 0) is 17.6 Å². The molecule has 1 atom stereocenters. The third-order valence-electron chi connectivity index (χ3n) is 4.50. The monoisotopic (exact) mass is 341 g/mol. The smallest absolute Gasteiger partial charge is 0.0900 e. The molecule has 0 saturated heterocycles. The van der Waals surface area contributed by atoms with Gasteiger partial charge in [-0.1, -0.05) is 74.5 Å². The van der Waals surface area contributed by atoms with Crippen molar-refractivity contribution in [3.05, 3.63) is 71.8 Å². The van der Waals surface area contributed by atoms with Crippen LogP contribution in [0.5, 0.6) is 0 Å². The van der Waals surface area contributed by atoms with E-state index in [-0.39, 0.29) is 6.10 Å². The first-order valence-electron chi connectivity index (χ1n) is 9.31. The molecule has 0 spiro atoms. The highest BCUT2D eigenvalue weighted by molar-refractivity contribution is 5.19. The van der Waals surface area contributed by atoms with Gasteiger partial charge in [0.15, 0.2) is 0 Å². The van der Waals surface area contributed by atoms with E-state index < -0.39 is 6.10 Å². The molecular formula is C22H31NO2. The summed E-state index contributed by atoms with van der Waals surface area (Å²) in [7, 11) is 0. The summed E-state index contributed by atoms with van der Waals surface area (Å²) in [6, 6.07) is 20.8. The van der Waals surface area contributed by atoms with Crippen molar-refractivity contribution >= 4 is 0 Å². The van der Waals surface area contributed by atoms with Crippen molar-refractivity contribution < 1.29 is 9.84 Å². The lowest BCUT2D eigenvalue weighted by atomic mass is 10.0. The van der Waals surface area contributed by atoms with Gasteiger partial charge in [-0.25, -0.2) is 0 Å². The predicted octanol–water partition coefficient (Wildman–Crippen LogP) is 3.56. The fourth-order valence-corrected chi connectivity index (χ4v) is 3.02. The van der Waals surface area contributed by atoms with Gasteiger partial charge in [-0.15, -0.1) is 0 Å². The van der Waals surface area contributed by atoms with Gasteiger partial charge >= 0.3 is 0 Å². The molecule has 3 heteroatoms. The number of aliphatic hydroxyl groups excluding tert-OH is 1. The largest absolute Gasteiger partial charge is 0.389 e. The molecule has 0 fully saturated rings. The van der Waals surface area contributed by atoms with E-state index in [1.807, 2.05) is 12.1 Å². The average molecular weight is 341 g/mol. The minimum absolute atomic E-state index is 0.0659. The van der Waals surface area contributed by atoms with Crippen LogP contribution in [0.4, 0.5) is 0 Å². The maximum absolute atomic E-state index is 10.3. The van der Waals surface area contributed by atoms with Crippen LogP contribution in [0.3, 0.4) is 0 Å². The Morgan fingerprint density at radius 3 is 1.76 bits per heavy atom. The molecule has 136 valence electrons. The first-order chi connectivity index (χ1) is 12.2. The van der Waals surface area contributed by atoms with Crippen molar-refractivity contribution in [1.29, 1.82) is 0 Å². The highest BCUT2D eigenvalue weighted by atomic mass is 16.5. The molecule has 2 rings (SSSR count). The summed E-state index contributed by atoms with van der Waals surface area (Å²) in [5.74, 6) is 0. The lowest BCUT2D eigenvalue weighted by Gasteiger charge is -2.24. The SMILES string of the molecule is CCN(CC)CC(O)COC(Cc1ccccc1)Cc1ccccc1. The topological polar surface area (TPSA) is 32.7 Å². The van der Waals surface area contributed by atoms with Gasteiger partial charge in [-0.2, -0.15) is 0 Å². The van der Waals surface area contributed by atoms with Crippen LogP contribution in [0.2, 0.25) is 0 Å². The Labute approximate surface area is 152 Å². The molecule has 0 aliphatic carbocycles. The molecule has 2 aromatic carbocycles. The van der Waals surface area contributed by atoms with Gasteiger partial charge in [0.25, 0.3) is 0 Å². The van der Waals surface area contributed by atoms with Gasteiger partial charge in [0, 0.05) is 6.54 Å². The summed E-state index contributed by atoms with van der Waals surface area (Å²) < 4.78 is 6.12. The molecule has 1 N–H and O–H groups in total. The normalized spacial score (nSPS) is 12.7. The number of hydrogen-bond acceptors (Lipinski definition) is 3. The van der Waals surface area contributed by atoms with Crippen LogP contribution in [0.1, 0.15) is 25.0 Å². The quantitative estimate of drug-likeness (QED) is 0.678. The molecule has 0 bridgehead atoms. The van der Waals surface area contributed by atoms with Crippen molar-refractivity contribution in [2.75, 3.05) is 26.2 Å². The molecule has 25 heavy (non-hydrogen) atoms. The Bertz CT molecular complexity index is 528. The van der Waals surface area contributed by atoms with E-state index in [1.54, 1.807) is 0 Å². The summed E-state index contributed by atoms with van der Waals surface area (Å²) in [5.41, 5.74) is 2.53. The van der Waals surface area contributed by atoms with Gasteiger partial charge in [-0.3, -0.25) is 0 Å². The van der Waals surface area contributed by atoms with E-state index in [0.717, 1.165) is 25.9 Å². The highest BCUT2D eigenvalue weighted by Gasteiger charge is 2.15. The van der Waals surface area contributed by atoms with Crippen LogP contribution in [0, 0.1) is 0 Å². The van der Waals surface area contributed by atoms with E-state index in [1.165, 1.54) is 11.1 Å². The van der Waals surface area contributed by atoms with Crippen molar-refractivity contribution in [2.24, 2.45) is 0 Å². The molecule has 0 aliphatic rings. The number of aliphatic hydroxyl groups is 1. The Morgan fingerprint density at radius 2 is 1.32 bits per heavy atom. The standard InChI is InChI=1S/C22H31NO2/c1-3-23(4-2)17-21(24)18-25-22(15-19-11-7-5-8-12-19)16-20-13-9-6-10-14-20/h5-14,21-22,24H,3-4,15-18H2,1-2H3. The second-order valence-corrected chi connectivity index (χ2v) is 6.47. The molecule has 0 amide bonds. The molecule has 2 aromatic rings. The fourth-order valence-electron chi connectivity index (χ4n) is 3.02. The number of rotatable bonds is 11. The molecule has 0 saturated carbocycles. The van der Waals surface area contributed by atoms with Crippen molar-refractivity contribution in [1.82, 2.24) is 4.90 Å². The minimum Gasteiger partial charge on any atom is -0.389 e. The Morgan fingerprint density at radius 1 is 0.840 bits per heavy atom. The van der Waals surface area contributed by atoms with Crippen LogP contribution in [-0.4, -0.2) is 48.5 Å². The van der Waals surface area contributed by atoms with Crippen molar-refractivity contribution in [2.45, 2.75) is 38.9 Å². The molecule has 3 nitrogen and oxygen atoms in total. The van der Waals surface area contributed by atoms with E-state index >= 15 is 0 Å². The van der Waals surface area contributed by atoms with Gasteiger partial charge < -0.3 is 14.7 Å². The van der Waals surface area contributed by atoms with Gasteiger partial charge in [0.1, 0.15) is 0 Å². The summed E-state index contributed by atoms with van der Waals surface area (Å²) in [5, 5.41) is 10.3. The van der Waals surface area contributed by atoms with Crippen LogP contribution in [0.25, 0.3) is 0 Å². The van der Waals surface area contributed by atoms with Gasteiger partial charge in [-0.05, 0) is 37.1 Å². The Hall–Kier alpha value is -1.68. The fraction of sp³-hybridized carbons (Fsp3) is 0.455. The van der Waals surface area contributed by atoms with Crippen LogP contribution < -0.4 is 0 Å². The highest BCUT2D eigenvalue weighted by Crippen LogP contribution is 2.13. The molecule has 0 heterocycles. The minimum atomic E-state index is -0.450. The second-order valence-electron chi connectivity index (χ2n) is 6.47.